The lowest BCUT2D eigenvalue weighted by molar-refractivity contribution is 0.782. The van der Waals surface area contributed by atoms with Gasteiger partial charge in [-0.05, 0) is 24.5 Å². The van der Waals surface area contributed by atoms with Crippen LogP contribution in [0.15, 0.2) is 47.4 Å². The first-order chi connectivity index (χ1) is 12.6. The van der Waals surface area contributed by atoms with Crippen molar-refractivity contribution in [1.29, 1.82) is 0 Å². The summed E-state index contributed by atoms with van der Waals surface area (Å²) in [5.74, 6) is 0.904. The maximum atomic E-state index is 11.9. The molecule has 1 atom stereocenters. The average Bonchev–Trinajstić information content (AvgIpc) is 3.10. The van der Waals surface area contributed by atoms with Crippen LogP contribution in [0.2, 0.25) is 0 Å². The molecule has 3 aromatic rings. The van der Waals surface area contributed by atoms with Crippen LogP contribution < -0.4 is 15.8 Å². The fourth-order valence-corrected chi connectivity index (χ4v) is 3.42. The Hall–Kier alpha value is -2.89. The third-order valence-corrected chi connectivity index (χ3v) is 4.84. The van der Waals surface area contributed by atoms with E-state index in [1.54, 1.807) is 6.07 Å². The molecule has 1 unspecified atom stereocenters. The molecule has 1 fully saturated rings. The highest BCUT2D eigenvalue weighted by atomic mass is 16.1. The first-order valence-electron chi connectivity index (χ1n) is 9.06. The highest BCUT2D eigenvalue weighted by Crippen LogP contribution is 2.25. The third kappa shape index (κ3) is 3.27. The lowest BCUT2D eigenvalue weighted by Gasteiger charge is -2.19. The van der Waals surface area contributed by atoms with Crippen molar-refractivity contribution in [2.24, 2.45) is 0 Å². The maximum absolute atomic E-state index is 11.9. The number of H-pyrrole nitrogens is 1. The van der Waals surface area contributed by atoms with Gasteiger partial charge >= 0.3 is 0 Å². The Bertz CT molecular complexity index is 976. The first-order valence-corrected chi connectivity index (χ1v) is 9.06. The van der Waals surface area contributed by atoms with Crippen LogP contribution in [-0.4, -0.2) is 34.1 Å². The van der Waals surface area contributed by atoms with E-state index in [1.807, 2.05) is 30.5 Å². The highest BCUT2D eigenvalue weighted by molar-refractivity contribution is 5.91. The topological polar surface area (TPSA) is 73.9 Å². The standard InChI is InChI=1S/C20H23N5O/c1-13(2)18-11-19(26)24-20(23-18)25-10-8-14(12-25)22-17-7-9-21-16-6-4-3-5-15(16)17/h3-7,9,11,13-14H,8,10,12H2,1-2H3,(H,21,22)(H,23,24,26). The zero-order valence-corrected chi connectivity index (χ0v) is 15.1. The average molecular weight is 349 g/mol. The van der Waals surface area contributed by atoms with Gasteiger partial charge in [0.05, 0.1) is 11.2 Å². The molecular weight excluding hydrogens is 326 g/mol. The zero-order chi connectivity index (χ0) is 18.1. The third-order valence-electron chi connectivity index (χ3n) is 4.84. The Morgan fingerprint density at radius 2 is 2.12 bits per heavy atom. The van der Waals surface area contributed by atoms with Crippen LogP contribution in [0, 0.1) is 0 Å². The number of rotatable bonds is 4. The van der Waals surface area contributed by atoms with Crippen LogP contribution >= 0.6 is 0 Å². The molecule has 0 amide bonds. The van der Waals surface area contributed by atoms with Crippen LogP contribution in [0.25, 0.3) is 10.9 Å². The second-order valence-electron chi connectivity index (χ2n) is 7.10. The number of aromatic amines is 1. The van der Waals surface area contributed by atoms with Crippen LogP contribution in [-0.2, 0) is 0 Å². The summed E-state index contributed by atoms with van der Waals surface area (Å²) in [6.45, 7) is 5.77. The molecule has 1 aliphatic rings. The first kappa shape index (κ1) is 16.6. The number of nitrogens with one attached hydrogen (secondary N) is 2. The minimum atomic E-state index is -0.0877. The van der Waals surface area contributed by atoms with Crippen LogP contribution in [0.4, 0.5) is 11.6 Å². The normalized spacial score (nSPS) is 17.2. The molecule has 4 rings (SSSR count). The van der Waals surface area contributed by atoms with Gasteiger partial charge in [0.25, 0.3) is 5.56 Å². The van der Waals surface area contributed by atoms with Crippen LogP contribution in [0.3, 0.4) is 0 Å². The minimum absolute atomic E-state index is 0.0877. The lowest BCUT2D eigenvalue weighted by Crippen LogP contribution is -2.29. The van der Waals surface area contributed by atoms with Crippen molar-refractivity contribution >= 4 is 22.5 Å². The molecule has 1 saturated heterocycles. The molecule has 1 aliphatic heterocycles. The summed E-state index contributed by atoms with van der Waals surface area (Å²) in [6.07, 6.45) is 2.83. The number of aromatic nitrogens is 3. The highest BCUT2D eigenvalue weighted by Gasteiger charge is 2.25. The van der Waals surface area contributed by atoms with Gasteiger partial charge in [0, 0.05) is 42.5 Å². The molecule has 2 aromatic heterocycles. The van der Waals surface area contributed by atoms with Gasteiger partial charge in [-0.25, -0.2) is 4.98 Å². The Labute approximate surface area is 152 Å². The molecule has 3 heterocycles. The molecule has 6 heteroatoms. The predicted octanol–water partition coefficient (Wildman–Crippen LogP) is 3.13. The maximum Gasteiger partial charge on any atom is 0.252 e. The Morgan fingerprint density at radius 1 is 1.27 bits per heavy atom. The SMILES string of the molecule is CC(C)c1cc(=O)[nH]c(N2CCC(Nc3ccnc4ccccc34)C2)n1. The summed E-state index contributed by atoms with van der Waals surface area (Å²) < 4.78 is 0. The van der Waals surface area contributed by atoms with Gasteiger partial charge in [0.1, 0.15) is 0 Å². The van der Waals surface area contributed by atoms with E-state index in [1.165, 1.54) is 0 Å². The second-order valence-corrected chi connectivity index (χ2v) is 7.10. The molecule has 1 aromatic carbocycles. The van der Waals surface area contributed by atoms with Crippen molar-refractivity contribution in [3.63, 3.8) is 0 Å². The zero-order valence-electron chi connectivity index (χ0n) is 15.1. The molecule has 134 valence electrons. The summed E-state index contributed by atoms with van der Waals surface area (Å²) in [6, 6.07) is 12.0. The Balaban J connectivity index is 1.53. The summed E-state index contributed by atoms with van der Waals surface area (Å²) in [7, 11) is 0. The molecular formula is C20H23N5O. The largest absolute Gasteiger partial charge is 0.380 e. The Kier molecular flexibility index (Phi) is 4.32. The summed E-state index contributed by atoms with van der Waals surface area (Å²) in [5.41, 5.74) is 2.83. The van der Waals surface area contributed by atoms with E-state index in [2.05, 4.69) is 45.1 Å². The van der Waals surface area contributed by atoms with Crippen molar-refractivity contribution in [3.05, 3.63) is 58.6 Å². The van der Waals surface area contributed by atoms with Gasteiger partial charge in [-0.2, -0.15) is 0 Å². The number of para-hydroxylation sites is 1. The van der Waals surface area contributed by atoms with Gasteiger partial charge in [-0.15, -0.1) is 0 Å². The van der Waals surface area contributed by atoms with Gasteiger partial charge in [0.2, 0.25) is 5.95 Å². The fraction of sp³-hybridized carbons (Fsp3) is 0.350. The minimum Gasteiger partial charge on any atom is -0.380 e. The van der Waals surface area contributed by atoms with Crippen molar-refractivity contribution in [3.8, 4) is 0 Å². The van der Waals surface area contributed by atoms with E-state index in [0.29, 0.717) is 12.0 Å². The van der Waals surface area contributed by atoms with Gasteiger partial charge < -0.3 is 10.2 Å². The molecule has 6 nitrogen and oxygen atoms in total. The molecule has 0 bridgehead atoms. The van der Waals surface area contributed by atoms with Crippen molar-refractivity contribution in [1.82, 2.24) is 15.0 Å². The summed E-state index contributed by atoms with van der Waals surface area (Å²) in [5, 5.41) is 4.76. The molecule has 2 N–H and O–H groups in total. The molecule has 0 spiro atoms. The van der Waals surface area contributed by atoms with Gasteiger partial charge in [0.15, 0.2) is 0 Å². The van der Waals surface area contributed by atoms with E-state index in [4.69, 9.17) is 0 Å². The van der Waals surface area contributed by atoms with E-state index in [9.17, 15) is 4.79 Å². The number of pyridine rings is 1. The fourth-order valence-electron chi connectivity index (χ4n) is 3.42. The summed E-state index contributed by atoms with van der Waals surface area (Å²) in [4.78, 5) is 26.0. The number of fused-ring (bicyclic) bond motifs is 1. The van der Waals surface area contributed by atoms with Crippen LogP contribution in [0.5, 0.6) is 0 Å². The van der Waals surface area contributed by atoms with E-state index in [-0.39, 0.29) is 11.5 Å². The number of anilines is 2. The van der Waals surface area contributed by atoms with Crippen LogP contribution in [0.1, 0.15) is 31.9 Å². The van der Waals surface area contributed by atoms with Gasteiger partial charge in [-0.3, -0.25) is 14.8 Å². The summed E-state index contributed by atoms with van der Waals surface area (Å²) >= 11 is 0. The predicted molar refractivity (Wildman–Crippen MR) is 105 cm³/mol. The van der Waals surface area contributed by atoms with Gasteiger partial charge in [-0.1, -0.05) is 32.0 Å². The Morgan fingerprint density at radius 3 is 2.96 bits per heavy atom. The lowest BCUT2D eigenvalue weighted by atomic mass is 10.1. The quantitative estimate of drug-likeness (QED) is 0.757. The number of nitrogens with zero attached hydrogens (tertiary/aromatic N) is 3. The number of hydrogen-bond acceptors (Lipinski definition) is 5. The number of hydrogen-bond donors (Lipinski definition) is 2. The van der Waals surface area contributed by atoms with E-state index in [0.717, 1.165) is 41.8 Å². The van der Waals surface area contributed by atoms with Crippen molar-refractivity contribution in [2.45, 2.75) is 32.2 Å². The smallest absolute Gasteiger partial charge is 0.252 e. The monoisotopic (exact) mass is 349 g/mol. The molecule has 0 aliphatic carbocycles. The molecule has 26 heavy (non-hydrogen) atoms. The van der Waals surface area contributed by atoms with E-state index < -0.39 is 0 Å². The number of benzene rings is 1. The second kappa shape index (κ2) is 6.78. The molecule has 0 saturated carbocycles. The van der Waals surface area contributed by atoms with E-state index >= 15 is 0 Å². The van der Waals surface area contributed by atoms with Crippen molar-refractivity contribution in [2.75, 3.05) is 23.3 Å². The van der Waals surface area contributed by atoms with Crippen molar-refractivity contribution < 1.29 is 0 Å². The molecule has 0 radical (unpaired) electrons.